The van der Waals surface area contributed by atoms with Crippen LogP contribution in [0.3, 0.4) is 0 Å². The highest BCUT2D eigenvalue weighted by Crippen LogP contribution is 2.36. The zero-order chi connectivity index (χ0) is 39.5. The summed E-state index contributed by atoms with van der Waals surface area (Å²) in [6.45, 7) is -2.09. The molecule has 1 aromatic heterocycles. The van der Waals surface area contributed by atoms with Crippen molar-refractivity contribution in [1.29, 1.82) is 0 Å². The molecule has 0 spiro atoms. The number of sulfone groups is 2. The second kappa shape index (κ2) is 15.4. The highest BCUT2D eigenvalue weighted by Gasteiger charge is 2.25. The van der Waals surface area contributed by atoms with Gasteiger partial charge in [0, 0.05) is 6.07 Å². The van der Waals surface area contributed by atoms with E-state index in [0.29, 0.717) is 12.1 Å². The molecule has 1 heterocycles. The third kappa shape index (κ3) is 12.0. The van der Waals surface area contributed by atoms with Crippen molar-refractivity contribution in [1.82, 2.24) is 4.98 Å². The van der Waals surface area contributed by atoms with Crippen LogP contribution in [-0.4, -0.2) is 98.4 Å². The first-order valence-electron chi connectivity index (χ1n) is 12.9. The van der Waals surface area contributed by atoms with Gasteiger partial charge in [-0.2, -0.15) is 33.7 Å². The van der Waals surface area contributed by atoms with Crippen LogP contribution in [0.15, 0.2) is 82.5 Å². The van der Waals surface area contributed by atoms with Crippen LogP contribution in [0.1, 0.15) is 0 Å². The zero-order valence-corrected chi connectivity index (χ0v) is 30.1. The average Bonchev–Trinajstić information content (AvgIpc) is 2.97. The number of nitrogens with zero attached hydrogens (tertiary/aromatic N) is 5. The molecule has 0 aliphatic carbocycles. The molecule has 8 N–H and O–H groups in total. The van der Waals surface area contributed by atoms with Crippen molar-refractivity contribution in [2.45, 2.75) is 19.6 Å². The van der Waals surface area contributed by atoms with Gasteiger partial charge in [-0.3, -0.25) is 18.2 Å². The van der Waals surface area contributed by atoms with Gasteiger partial charge in [-0.05, 0) is 36.4 Å². The Labute approximate surface area is 294 Å². The first-order valence-corrected chi connectivity index (χ1v) is 21.8. The van der Waals surface area contributed by atoms with Gasteiger partial charge in [-0.1, -0.05) is 0 Å². The standard InChI is InChI=1S/C21H23N7O18S6/c22-20-16(27-25-14-3-1-12(9-18(14)49(33,34)35)47(29,30)7-5-45-51(39,40)41)11-17(21(23)24-20)28-26-15-4-2-13(10-19(15)50(36,37)38)48(31,32)8-6-46-52(42,43)44/h1-4,9-11H,5-8H2,(H4,22,23,24)(H,33,34,35)(H,36,37,38)(H,39,40,41)(H,42,43,44). The van der Waals surface area contributed by atoms with Gasteiger partial charge in [0.2, 0.25) is 0 Å². The summed E-state index contributed by atoms with van der Waals surface area (Å²) in [5.41, 5.74) is 9.42. The number of rotatable bonds is 16. The molecule has 0 amide bonds. The van der Waals surface area contributed by atoms with Crippen LogP contribution in [0, 0.1) is 0 Å². The van der Waals surface area contributed by atoms with Crippen molar-refractivity contribution in [3.05, 3.63) is 42.5 Å². The Balaban J connectivity index is 1.99. The van der Waals surface area contributed by atoms with Gasteiger partial charge < -0.3 is 11.5 Å². The fourth-order valence-electron chi connectivity index (χ4n) is 3.59. The summed E-state index contributed by atoms with van der Waals surface area (Å²) >= 11 is 0. The molecule has 0 aliphatic rings. The Kier molecular flexibility index (Phi) is 12.6. The third-order valence-electron chi connectivity index (χ3n) is 5.88. The van der Waals surface area contributed by atoms with Crippen molar-refractivity contribution < 1.29 is 77.1 Å². The topological polar surface area (TPSA) is 419 Å². The molecule has 0 atom stereocenters. The van der Waals surface area contributed by atoms with E-state index >= 15 is 0 Å². The number of nitrogens with two attached hydrogens (primary N) is 2. The lowest BCUT2D eigenvalue weighted by atomic mass is 10.3. The minimum absolute atomic E-state index is 0.410. The van der Waals surface area contributed by atoms with E-state index < -0.39 is 139 Å². The summed E-state index contributed by atoms with van der Waals surface area (Å²) in [5.74, 6) is -3.02. The Morgan fingerprint density at radius 1 is 0.519 bits per heavy atom. The van der Waals surface area contributed by atoms with Gasteiger partial charge in [0.15, 0.2) is 31.3 Å². The first kappa shape index (κ1) is 42.3. The largest absolute Gasteiger partial charge is 0.397 e. The second-order valence-electron chi connectivity index (χ2n) is 9.54. The van der Waals surface area contributed by atoms with Gasteiger partial charge in [0.1, 0.15) is 32.5 Å². The van der Waals surface area contributed by atoms with Crippen LogP contribution >= 0.6 is 0 Å². The molecule has 0 bridgehead atoms. The molecule has 3 rings (SSSR count). The van der Waals surface area contributed by atoms with E-state index in [1.165, 1.54) is 0 Å². The van der Waals surface area contributed by atoms with Crippen molar-refractivity contribution in [3.8, 4) is 0 Å². The number of hydrogen-bond acceptors (Lipinski definition) is 21. The Morgan fingerprint density at radius 3 is 1.15 bits per heavy atom. The molecule has 3 aromatic rings. The minimum Gasteiger partial charge on any atom is -0.382 e. The molecule has 0 saturated carbocycles. The molecule has 0 radical (unpaired) electrons. The van der Waals surface area contributed by atoms with E-state index in [0.717, 1.165) is 30.3 Å². The number of nitrogen functional groups attached to an aromatic ring is 2. The van der Waals surface area contributed by atoms with E-state index in [4.69, 9.17) is 20.6 Å². The van der Waals surface area contributed by atoms with Gasteiger partial charge >= 0.3 is 20.8 Å². The smallest absolute Gasteiger partial charge is 0.382 e. The predicted octanol–water partition coefficient (Wildman–Crippen LogP) is 0.756. The fourth-order valence-corrected chi connectivity index (χ4v) is 8.05. The van der Waals surface area contributed by atoms with Gasteiger partial charge in [0.25, 0.3) is 20.2 Å². The number of benzene rings is 2. The molecular formula is C21H23N7O18S6. The molecule has 25 nitrogen and oxygen atoms in total. The maximum Gasteiger partial charge on any atom is 0.397 e. The third-order valence-corrected chi connectivity index (χ3v) is 11.9. The zero-order valence-electron chi connectivity index (χ0n) is 25.2. The van der Waals surface area contributed by atoms with Crippen LogP contribution < -0.4 is 11.5 Å². The van der Waals surface area contributed by atoms with Gasteiger partial charge in [-0.25, -0.2) is 30.2 Å². The Morgan fingerprint density at radius 2 is 0.846 bits per heavy atom. The highest BCUT2D eigenvalue weighted by atomic mass is 32.3. The van der Waals surface area contributed by atoms with Crippen LogP contribution in [-0.2, 0) is 69.1 Å². The first-order chi connectivity index (χ1) is 23.6. The van der Waals surface area contributed by atoms with E-state index in [-0.39, 0.29) is 0 Å². The summed E-state index contributed by atoms with van der Waals surface area (Å²) in [6, 6.07) is 5.06. The van der Waals surface area contributed by atoms with E-state index in [1.54, 1.807) is 0 Å². The number of anilines is 2. The molecular weight excluding hydrogens is 831 g/mol. The molecule has 0 unspecified atom stereocenters. The van der Waals surface area contributed by atoms with Gasteiger partial charge in [0.05, 0.1) is 34.5 Å². The number of aromatic nitrogens is 1. The lowest BCUT2D eigenvalue weighted by Crippen LogP contribution is -2.16. The quantitative estimate of drug-likeness (QED) is 0.0855. The summed E-state index contributed by atoms with van der Waals surface area (Å²) < 4.78 is 185. The number of hydrogen-bond donors (Lipinski definition) is 6. The lowest BCUT2D eigenvalue weighted by Gasteiger charge is -2.08. The number of pyridine rings is 1. The maximum absolute atomic E-state index is 12.5. The van der Waals surface area contributed by atoms with Crippen LogP contribution in [0.4, 0.5) is 34.4 Å². The molecule has 286 valence electrons. The normalized spacial score (nSPS) is 13.6. The number of azo groups is 2. The molecule has 52 heavy (non-hydrogen) atoms. The molecule has 31 heteroatoms. The summed E-state index contributed by atoms with van der Waals surface area (Å²) in [6.07, 6.45) is 0. The Hall–Kier alpha value is -4.15. The summed E-state index contributed by atoms with van der Waals surface area (Å²) in [4.78, 5) is 0.0665. The summed E-state index contributed by atoms with van der Waals surface area (Å²) in [7, 11) is -29.3. The predicted molar refractivity (Wildman–Crippen MR) is 173 cm³/mol. The van der Waals surface area contributed by atoms with Crippen molar-refractivity contribution in [2.24, 2.45) is 20.5 Å². The van der Waals surface area contributed by atoms with Crippen molar-refractivity contribution >= 4 is 95.1 Å². The van der Waals surface area contributed by atoms with Crippen LogP contribution in [0.25, 0.3) is 0 Å². The monoisotopic (exact) mass is 853 g/mol. The minimum atomic E-state index is -5.20. The van der Waals surface area contributed by atoms with E-state index in [2.05, 4.69) is 33.8 Å². The molecule has 0 fully saturated rings. The van der Waals surface area contributed by atoms with Crippen molar-refractivity contribution in [3.63, 3.8) is 0 Å². The highest BCUT2D eigenvalue weighted by molar-refractivity contribution is 7.92. The molecule has 2 aromatic carbocycles. The van der Waals surface area contributed by atoms with Crippen LogP contribution in [0.5, 0.6) is 0 Å². The summed E-state index contributed by atoms with van der Waals surface area (Å²) in [5, 5.41) is 14.6. The van der Waals surface area contributed by atoms with E-state index in [1.807, 2.05) is 0 Å². The second-order valence-corrected chi connectivity index (χ2v) is 18.7. The fraction of sp³-hybridized carbons (Fsp3) is 0.190. The van der Waals surface area contributed by atoms with Crippen molar-refractivity contribution in [2.75, 3.05) is 36.2 Å². The SMILES string of the molecule is Nc1nc(N)c(N=Nc2ccc(S(=O)(=O)CCOS(=O)(=O)O)cc2S(=O)(=O)O)cc1N=Nc1ccc(S(=O)(=O)CCOS(=O)(=O)O)cc1S(=O)(=O)O. The average molecular weight is 854 g/mol. The maximum atomic E-state index is 12.5. The van der Waals surface area contributed by atoms with E-state index in [9.17, 15) is 59.6 Å². The Bertz CT molecular complexity index is 2450. The van der Waals surface area contributed by atoms with Gasteiger partial charge in [-0.15, -0.1) is 20.5 Å². The lowest BCUT2D eigenvalue weighted by molar-refractivity contribution is 0.282. The molecule has 0 aliphatic heterocycles. The molecule has 0 saturated heterocycles. The van der Waals surface area contributed by atoms with Crippen LogP contribution in [0.2, 0.25) is 0 Å².